The van der Waals surface area contributed by atoms with Gasteiger partial charge in [-0.15, -0.1) is 23.2 Å². The first-order valence-electron chi connectivity index (χ1n) is 3.52. The zero-order chi connectivity index (χ0) is 7.30. The number of carbonyl (C=O) groups excluding carboxylic acids is 1. The number of hydrogen-bond acceptors (Lipinski definition) is 1. The van der Waals surface area contributed by atoms with Crippen LogP contribution in [0.25, 0.3) is 0 Å². The summed E-state index contributed by atoms with van der Waals surface area (Å²) in [6.07, 6.45) is 1.66. The Morgan fingerprint density at radius 2 is 2.00 bits per heavy atom. The van der Waals surface area contributed by atoms with Gasteiger partial charge in [-0.3, -0.25) is 4.79 Å². The third-order valence-corrected chi connectivity index (χ3v) is 3.88. The molecular formula is C7H8Cl2O. The summed E-state index contributed by atoms with van der Waals surface area (Å²) < 4.78 is 0. The Balaban J connectivity index is 2.16. The molecule has 0 aromatic heterocycles. The number of rotatable bonds is 0. The van der Waals surface area contributed by atoms with Gasteiger partial charge in [0.25, 0.3) is 0 Å². The van der Waals surface area contributed by atoms with Crippen LogP contribution in [0.4, 0.5) is 0 Å². The summed E-state index contributed by atoms with van der Waals surface area (Å²) in [4.78, 5) is 11.0. The zero-order valence-electron chi connectivity index (χ0n) is 5.39. The average Bonchev–Trinajstić information content (AvgIpc) is 2.27. The molecule has 2 fully saturated rings. The molecule has 0 aromatic rings. The maximum absolute atomic E-state index is 11.0. The number of Topliss-reactive ketones (excluding diaryl/α,β-unsaturated/α-hetero) is 1. The highest BCUT2D eigenvalue weighted by Crippen LogP contribution is 2.50. The lowest BCUT2D eigenvalue weighted by atomic mass is 9.75. The first-order chi connectivity index (χ1) is 4.72. The van der Waals surface area contributed by atoms with E-state index in [0.717, 1.165) is 6.42 Å². The second-order valence-corrected chi connectivity index (χ2v) is 4.09. The van der Waals surface area contributed by atoms with Crippen molar-refractivity contribution in [1.82, 2.24) is 0 Å². The predicted molar refractivity (Wildman–Crippen MR) is 40.5 cm³/mol. The highest BCUT2D eigenvalue weighted by atomic mass is 35.5. The lowest BCUT2D eigenvalue weighted by molar-refractivity contribution is -0.122. The van der Waals surface area contributed by atoms with E-state index < -0.39 is 0 Å². The Kier molecular flexibility index (Phi) is 1.47. The number of carbonyl (C=O) groups is 1. The molecule has 0 saturated heterocycles. The highest BCUT2D eigenvalue weighted by Gasteiger charge is 2.55. The second kappa shape index (κ2) is 2.12. The Morgan fingerprint density at radius 1 is 1.30 bits per heavy atom. The van der Waals surface area contributed by atoms with E-state index in [2.05, 4.69) is 0 Å². The van der Waals surface area contributed by atoms with Gasteiger partial charge in [-0.25, -0.2) is 0 Å². The van der Waals surface area contributed by atoms with E-state index in [4.69, 9.17) is 23.2 Å². The van der Waals surface area contributed by atoms with Crippen LogP contribution in [0.2, 0.25) is 0 Å². The topological polar surface area (TPSA) is 17.1 Å². The van der Waals surface area contributed by atoms with Gasteiger partial charge in [-0.1, -0.05) is 0 Å². The molecule has 10 heavy (non-hydrogen) atoms. The lowest BCUT2D eigenvalue weighted by Gasteiger charge is -2.40. The maximum atomic E-state index is 11.0. The fourth-order valence-corrected chi connectivity index (χ4v) is 2.91. The van der Waals surface area contributed by atoms with Crippen molar-refractivity contribution in [1.29, 1.82) is 0 Å². The summed E-state index contributed by atoms with van der Waals surface area (Å²) in [6, 6.07) is 0. The molecule has 4 atom stereocenters. The molecule has 2 saturated carbocycles. The van der Waals surface area contributed by atoms with Crippen LogP contribution in [0.5, 0.6) is 0 Å². The molecule has 1 nitrogen and oxygen atoms in total. The Labute approximate surface area is 69.7 Å². The molecule has 0 radical (unpaired) electrons. The minimum absolute atomic E-state index is 0.0538. The van der Waals surface area contributed by atoms with E-state index in [1.54, 1.807) is 0 Å². The Bertz CT molecular complexity index is 180. The van der Waals surface area contributed by atoms with Crippen LogP contribution >= 0.6 is 23.2 Å². The lowest BCUT2D eigenvalue weighted by Crippen LogP contribution is -2.48. The fourth-order valence-electron chi connectivity index (χ4n) is 1.95. The van der Waals surface area contributed by atoms with Crippen LogP contribution in [-0.2, 0) is 4.79 Å². The number of hydrogen-bond donors (Lipinski definition) is 0. The SMILES string of the molecule is O=C1CC[C@@H]2[C@@H](Cl)[C@H](Cl)[C@H]12. The molecule has 2 rings (SSSR count). The van der Waals surface area contributed by atoms with Gasteiger partial charge in [0.1, 0.15) is 5.78 Å². The summed E-state index contributed by atoms with van der Waals surface area (Å²) in [7, 11) is 0. The molecule has 56 valence electrons. The van der Waals surface area contributed by atoms with E-state index in [-0.39, 0.29) is 16.7 Å². The van der Waals surface area contributed by atoms with Crippen molar-refractivity contribution in [3.05, 3.63) is 0 Å². The van der Waals surface area contributed by atoms with Crippen molar-refractivity contribution < 1.29 is 4.79 Å². The van der Waals surface area contributed by atoms with E-state index in [1.807, 2.05) is 0 Å². The van der Waals surface area contributed by atoms with Crippen LogP contribution in [0.1, 0.15) is 12.8 Å². The zero-order valence-corrected chi connectivity index (χ0v) is 6.90. The van der Waals surface area contributed by atoms with E-state index in [1.165, 1.54) is 0 Å². The van der Waals surface area contributed by atoms with Crippen molar-refractivity contribution in [2.24, 2.45) is 11.8 Å². The number of ketones is 1. The Morgan fingerprint density at radius 3 is 2.60 bits per heavy atom. The number of alkyl halides is 2. The highest BCUT2D eigenvalue weighted by molar-refractivity contribution is 6.33. The molecule has 0 aromatic carbocycles. The minimum Gasteiger partial charge on any atom is -0.299 e. The molecule has 0 heterocycles. The van der Waals surface area contributed by atoms with E-state index >= 15 is 0 Å². The molecular weight excluding hydrogens is 171 g/mol. The fraction of sp³-hybridized carbons (Fsp3) is 0.857. The number of fused-ring (bicyclic) bond motifs is 1. The Hall–Kier alpha value is 0.250. The van der Waals surface area contributed by atoms with Crippen molar-refractivity contribution in [2.45, 2.75) is 23.6 Å². The van der Waals surface area contributed by atoms with E-state index in [0.29, 0.717) is 18.1 Å². The quantitative estimate of drug-likeness (QED) is 0.518. The van der Waals surface area contributed by atoms with Gasteiger partial charge in [0, 0.05) is 12.3 Å². The van der Waals surface area contributed by atoms with Gasteiger partial charge in [0.15, 0.2) is 0 Å². The third kappa shape index (κ3) is 0.680. The summed E-state index contributed by atoms with van der Waals surface area (Å²) in [5.41, 5.74) is 0. The summed E-state index contributed by atoms with van der Waals surface area (Å²) in [6.45, 7) is 0. The smallest absolute Gasteiger partial charge is 0.137 e. The van der Waals surface area contributed by atoms with Gasteiger partial charge >= 0.3 is 0 Å². The molecule has 0 amide bonds. The van der Waals surface area contributed by atoms with Crippen molar-refractivity contribution in [3.63, 3.8) is 0 Å². The molecule has 2 aliphatic carbocycles. The molecule has 0 N–H and O–H groups in total. The van der Waals surface area contributed by atoms with Crippen molar-refractivity contribution >= 4 is 29.0 Å². The van der Waals surface area contributed by atoms with Crippen LogP contribution in [-0.4, -0.2) is 16.5 Å². The molecule has 2 aliphatic rings. The summed E-state index contributed by atoms with van der Waals surface area (Å²) in [5, 5.41) is -0.0280. The van der Waals surface area contributed by atoms with Gasteiger partial charge in [0.2, 0.25) is 0 Å². The monoisotopic (exact) mass is 178 g/mol. The summed E-state index contributed by atoms with van der Waals surface area (Å²) in [5.74, 6) is 0.822. The maximum Gasteiger partial charge on any atom is 0.137 e. The van der Waals surface area contributed by atoms with Crippen LogP contribution in [0, 0.1) is 11.8 Å². The minimum atomic E-state index is -0.0818. The molecule has 0 spiro atoms. The standard InChI is InChI=1S/C7H8Cl2O/c8-6-3-1-2-4(10)5(3)7(6)9/h3,5-7H,1-2H2/t3-,5-,6+,7+/m0/s1. The molecule has 0 aliphatic heterocycles. The van der Waals surface area contributed by atoms with E-state index in [9.17, 15) is 4.79 Å². The van der Waals surface area contributed by atoms with Crippen LogP contribution in [0.3, 0.4) is 0 Å². The van der Waals surface area contributed by atoms with Gasteiger partial charge in [-0.2, -0.15) is 0 Å². The van der Waals surface area contributed by atoms with Gasteiger partial charge in [0.05, 0.1) is 10.8 Å². The molecule has 0 unspecified atom stereocenters. The first-order valence-corrected chi connectivity index (χ1v) is 4.40. The van der Waals surface area contributed by atoms with Gasteiger partial charge in [-0.05, 0) is 12.3 Å². The van der Waals surface area contributed by atoms with Crippen molar-refractivity contribution in [2.75, 3.05) is 0 Å². The second-order valence-electron chi connectivity index (χ2n) is 3.08. The largest absolute Gasteiger partial charge is 0.299 e. The normalized spacial score (nSPS) is 52.4. The third-order valence-electron chi connectivity index (χ3n) is 2.61. The predicted octanol–water partition coefficient (Wildman–Crippen LogP) is 1.81. The first kappa shape index (κ1) is 6.93. The molecule has 3 heteroatoms. The van der Waals surface area contributed by atoms with Crippen molar-refractivity contribution in [3.8, 4) is 0 Å². The number of halogens is 2. The van der Waals surface area contributed by atoms with Crippen LogP contribution < -0.4 is 0 Å². The van der Waals surface area contributed by atoms with Gasteiger partial charge < -0.3 is 0 Å². The average molecular weight is 179 g/mol. The molecule has 0 bridgehead atoms. The summed E-state index contributed by atoms with van der Waals surface area (Å²) >= 11 is 11.7. The van der Waals surface area contributed by atoms with Crippen LogP contribution in [0.15, 0.2) is 0 Å².